The highest BCUT2D eigenvalue weighted by Gasteiger charge is 2.17. The fourth-order valence-corrected chi connectivity index (χ4v) is 4.11. The fourth-order valence-electron chi connectivity index (χ4n) is 3.32. The highest BCUT2D eigenvalue weighted by molar-refractivity contribution is 8.00. The Morgan fingerprint density at radius 2 is 1.81 bits per heavy atom. The lowest BCUT2D eigenvalue weighted by Gasteiger charge is -2.18. The van der Waals surface area contributed by atoms with E-state index in [0.29, 0.717) is 58.9 Å². The molecule has 1 amide bonds. The largest absolute Gasteiger partial charge is 0.486 e. The summed E-state index contributed by atoms with van der Waals surface area (Å²) >= 11 is 1.22. The smallest absolute Gasteiger partial charge is 0.231 e. The maximum atomic E-state index is 12.3. The number of rotatable bonds is 5. The topological polar surface area (TPSA) is 103 Å². The first kappa shape index (κ1) is 19.3. The Balaban J connectivity index is 1.26. The number of carbonyl (C=O) groups is 1. The molecule has 3 aromatic rings. The molecule has 0 spiro atoms. The van der Waals surface area contributed by atoms with Crippen LogP contribution in [0.3, 0.4) is 0 Å². The normalized spacial score (nSPS) is 13.6. The highest BCUT2D eigenvalue weighted by Crippen LogP contribution is 2.36. The molecule has 2 aliphatic heterocycles. The Hall–Kier alpha value is -3.64. The predicted octanol–water partition coefficient (Wildman–Crippen LogP) is 3.01. The summed E-state index contributed by atoms with van der Waals surface area (Å²) in [5.41, 5.74) is 2.01. The number of nitriles is 1. The van der Waals surface area contributed by atoms with E-state index in [4.69, 9.17) is 18.9 Å². The monoisotopic (exact) mass is 435 g/mol. The van der Waals surface area contributed by atoms with Gasteiger partial charge >= 0.3 is 0 Å². The first-order chi connectivity index (χ1) is 15.2. The van der Waals surface area contributed by atoms with E-state index in [-0.39, 0.29) is 18.5 Å². The molecule has 8 nitrogen and oxygen atoms in total. The minimum Gasteiger partial charge on any atom is -0.486 e. The van der Waals surface area contributed by atoms with E-state index in [1.165, 1.54) is 11.8 Å². The first-order valence-electron chi connectivity index (χ1n) is 9.62. The molecule has 0 aliphatic carbocycles. The highest BCUT2D eigenvalue weighted by atomic mass is 32.2. The van der Waals surface area contributed by atoms with Crippen LogP contribution in [-0.2, 0) is 11.3 Å². The quantitative estimate of drug-likeness (QED) is 0.610. The summed E-state index contributed by atoms with van der Waals surface area (Å²) in [7, 11) is 0. The average Bonchev–Trinajstić information content (AvgIpc) is 3.27. The van der Waals surface area contributed by atoms with Crippen molar-refractivity contribution in [3.8, 4) is 29.1 Å². The molecular formula is C22H17N3O5S. The number of benzene rings is 2. The maximum Gasteiger partial charge on any atom is 0.231 e. The van der Waals surface area contributed by atoms with E-state index in [2.05, 4.69) is 16.4 Å². The fraction of sp³-hybridized carbons (Fsp3) is 0.227. The van der Waals surface area contributed by atoms with Crippen molar-refractivity contribution in [3.05, 3.63) is 47.5 Å². The predicted molar refractivity (Wildman–Crippen MR) is 113 cm³/mol. The van der Waals surface area contributed by atoms with Gasteiger partial charge in [-0.25, -0.2) is 4.98 Å². The molecule has 0 radical (unpaired) electrons. The first-order valence-corrected chi connectivity index (χ1v) is 10.6. The summed E-state index contributed by atoms with van der Waals surface area (Å²) in [5.74, 6) is 2.64. The second-order valence-electron chi connectivity index (χ2n) is 6.89. The summed E-state index contributed by atoms with van der Waals surface area (Å²) in [6.07, 6.45) is 0. The van der Waals surface area contributed by atoms with Gasteiger partial charge in [-0.2, -0.15) is 5.26 Å². The lowest BCUT2D eigenvalue weighted by atomic mass is 10.1. The van der Waals surface area contributed by atoms with Crippen LogP contribution in [0.4, 0.5) is 0 Å². The molecule has 3 heterocycles. The molecule has 2 aromatic carbocycles. The van der Waals surface area contributed by atoms with Crippen LogP contribution in [-0.4, -0.2) is 36.7 Å². The number of amides is 1. The molecular weight excluding hydrogens is 418 g/mol. The molecule has 2 aliphatic rings. The van der Waals surface area contributed by atoms with Gasteiger partial charge in [-0.15, -0.1) is 0 Å². The van der Waals surface area contributed by atoms with Crippen LogP contribution < -0.4 is 24.3 Å². The van der Waals surface area contributed by atoms with Gasteiger partial charge in [0, 0.05) is 18.0 Å². The zero-order chi connectivity index (χ0) is 21.2. The van der Waals surface area contributed by atoms with E-state index in [9.17, 15) is 10.1 Å². The summed E-state index contributed by atoms with van der Waals surface area (Å²) in [4.78, 5) is 16.9. The molecule has 0 saturated heterocycles. The van der Waals surface area contributed by atoms with Gasteiger partial charge in [-0.1, -0.05) is 17.8 Å². The van der Waals surface area contributed by atoms with Gasteiger partial charge in [0.05, 0.1) is 16.8 Å². The van der Waals surface area contributed by atoms with E-state index in [1.54, 1.807) is 12.1 Å². The van der Waals surface area contributed by atoms with E-state index in [1.807, 2.05) is 24.3 Å². The number of thioether (sulfide) groups is 1. The number of nitrogens with zero attached hydrogens (tertiary/aromatic N) is 2. The standard InChI is InChI=1S/C22H17N3O5S/c23-9-15-6-14-7-19-20(28-4-3-27-19)8-16(14)25-22(15)31-11-21(26)24-10-13-1-2-17-18(5-13)30-12-29-17/h1-2,5-8H,3-4,10-12H2,(H,24,26). The number of nitrogens with one attached hydrogen (secondary N) is 1. The van der Waals surface area contributed by atoms with Gasteiger partial charge in [0.2, 0.25) is 12.7 Å². The number of ether oxygens (including phenoxy) is 4. The maximum absolute atomic E-state index is 12.3. The third-order valence-electron chi connectivity index (χ3n) is 4.83. The summed E-state index contributed by atoms with van der Waals surface area (Å²) < 4.78 is 21.8. The van der Waals surface area contributed by atoms with Crippen molar-refractivity contribution < 1.29 is 23.7 Å². The van der Waals surface area contributed by atoms with Gasteiger partial charge in [0.1, 0.15) is 24.3 Å². The average molecular weight is 435 g/mol. The van der Waals surface area contributed by atoms with Gasteiger partial charge in [0.15, 0.2) is 23.0 Å². The van der Waals surface area contributed by atoms with Crippen LogP contribution in [0, 0.1) is 11.3 Å². The van der Waals surface area contributed by atoms with Crippen LogP contribution in [0.2, 0.25) is 0 Å². The second-order valence-corrected chi connectivity index (χ2v) is 7.86. The van der Waals surface area contributed by atoms with Gasteiger partial charge in [0.25, 0.3) is 0 Å². The number of hydrogen-bond acceptors (Lipinski definition) is 8. The Bertz CT molecular complexity index is 1220. The Morgan fingerprint density at radius 3 is 2.65 bits per heavy atom. The van der Waals surface area contributed by atoms with Crippen LogP contribution in [0.5, 0.6) is 23.0 Å². The third-order valence-corrected chi connectivity index (χ3v) is 5.82. The molecule has 156 valence electrons. The van der Waals surface area contributed by atoms with Crippen molar-refractivity contribution in [2.75, 3.05) is 25.8 Å². The van der Waals surface area contributed by atoms with Crippen molar-refractivity contribution >= 4 is 28.6 Å². The van der Waals surface area contributed by atoms with Crippen molar-refractivity contribution in [2.45, 2.75) is 11.6 Å². The van der Waals surface area contributed by atoms with Gasteiger partial charge < -0.3 is 24.3 Å². The molecule has 1 N–H and O–H groups in total. The van der Waals surface area contributed by atoms with E-state index < -0.39 is 0 Å². The van der Waals surface area contributed by atoms with Crippen LogP contribution in [0.25, 0.3) is 10.9 Å². The minimum absolute atomic E-state index is 0.141. The Kier molecular flexibility index (Phi) is 5.14. The number of carbonyl (C=O) groups excluding carboxylic acids is 1. The summed E-state index contributed by atoms with van der Waals surface area (Å²) in [5, 5.41) is 13.7. The minimum atomic E-state index is -0.157. The molecule has 9 heteroatoms. The molecule has 1 aromatic heterocycles. The van der Waals surface area contributed by atoms with Crippen LogP contribution in [0.15, 0.2) is 41.4 Å². The number of fused-ring (bicyclic) bond motifs is 3. The third kappa shape index (κ3) is 4.02. The van der Waals surface area contributed by atoms with Gasteiger partial charge in [-0.05, 0) is 29.8 Å². The molecule has 0 unspecified atom stereocenters. The summed E-state index contributed by atoms with van der Waals surface area (Å²) in [6, 6.07) is 13.1. The molecule has 0 saturated carbocycles. The summed E-state index contributed by atoms with van der Waals surface area (Å²) in [6.45, 7) is 1.56. The van der Waals surface area contributed by atoms with Crippen molar-refractivity contribution in [3.63, 3.8) is 0 Å². The van der Waals surface area contributed by atoms with Crippen LogP contribution >= 0.6 is 11.8 Å². The number of hydrogen-bond donors (Lipinski definition) is 1. The molecule has 0 fully saturated rings. The zero-order valence-corrected chi connectivity index (χ0v) is 17.2. The van der Waals surface area contributed by atoms with Crippen molar-refractivity contribution in [2.24, 2.45) is 0 Å². The molecule has 5 rings (SSSR count). The SMILES string of the molecule is N#Cc1cc2cc3c(cc2nc1SCC(=O)NCc1ccc2c(c1)OCO2)OCCO3. The van der Waals surface area contributed by atoms with Crippen molar-refractivity contribution in [1.82, 2.24) is 10.3 Å². The number of aromatic nitrogens is 1. The van der Waals surface area contributed by atoms with Gasteiger partial charge in [-0.3, -0.25) is 4.79 Å². The van der Waals surface area contributed by atoms with Crippen molar-refractivity contribution in [1.29, 1.82) is 5.26 Å². The second kappa shape index (κ2) is 8.24. The number of pyridine rings is 1. The molecule has 0 atom stereocenters. The molecule has 31 heavy (non-hydrogen) atoms. The lowest BCUT2D eigenvalue weighted by molar-refractivity contribution is -0.118. The van der Waals surface area contributed by atoms with E-state index in [0.717, 1.165) is 10.9 Å². The molecule has 0 bridgehead atoms. The Morgan fingerprint density at radius 1 is 1.03 bits per heavy atom. The Labute approximate surface area is 182 Å². The van der Waals surface area contributed by atoms with Crippen LogP contribution in [0.1, 0.15) is 11.1 Å². The lowest BCUT2D eigenvalue weighted by Crippen LogP contribution is -2.24. The zero-order valence-electron chi connectivity index (χ0n) is 16.3. The van der Waals surface area contributed by atoms with E-state index >= 15 is 0 Å².